The molecule has 5 nitrogen and oxygen atoms in total. The Labute approximate surface area is 130 Å². The van der Waals surface area contributed by atoms with Gasteiger partial charge in [-0.1, -0.05) is 17.7 Å². The second-order valence-electron chi connectivity index (χ2n) is 5.40. The van der Waals surface area contributed by atoms with Crippen LogP contribution in [-0.4, -0.2) is 57.3 Å². The zero-order valence-electron chi connectivity index (χ0n) is 12.0. The maximum Gasteiger partial charge on any atom is 0.0785 e. The van der Waals surface area contributed by atoms with E-state index in [9.17, 15) is 0 Å². The second-order valence-corrected chi connectivity index (χ2v) is 5.84. The molecule has 21 heavy (non-hydrogen) atoms. The van der Waals surface area contributed by atoms with E-state index in [4.69, 9.17) is 11.6 Å². The lowest BCUT2D eigenvalue weighted by Gasteiger charge is -2.34. The van der Waals surface area contributed by atoms with Crippen LogP contribution in [0.2, 0.25) is 5.02 Å². The Hall–Kier alpha value is -1.43. The molecule has 0 bridgehead atoms. The van der Waals surface area contributed by atoms with Crippen molar-refractivity contribution in [2.24, 2.45) is 0 Å². The predicted octanol–water partition coefficient (Wildman–Crippen LogP) is 1.75. The van der Waals surface area contributed by atoms with Crippen LogP contribution in [-0.2, 0) is 13.1 Å². The van der Waals surface area contributed by atoms with Gasteiger partial charge in [-0.15, -0.1) is 0 Å². The van der Waals surface area contributed by atoms with Gasteiger partial charge in [0.15, 0.2) is 0 Å². The number of halogens is 1. The van der Waals surface area contributed by atoms with Gasteiger partial charge in [0.2, 0.25) is 0 Å². The zero-order chi connectivity index (χ0) is 14.5. The lowest BCUT2D eigenvalue weighted by atomic mass is 10.2. The fourth-order valence-corrected chi connectivity index (χ4v) is 2.78. The summed E-state index contributed by atoms with van der Waals surface area (Å²) in [6, 6.07) is 4.14. The summed E-state index contributed by atoms with van der Waals surface area (Å²) in [4.78, 5) is 9.14. The van der Waals surface area contributed by atoms with Crippen LogP contribution in [0.5, 0.6) is 0 Å². The summed E-state index contributed by atoms with van der Waals surface area (Å²) in [5.74, 6) is 0. The lowest BCUT2D eigenvalue weighted by Crippen LogP contribution is -2.46. The number of rotatable bonds is 5. The molecule has 1 saturated heterocycles. The zero-order valence-corrected chi connectivity index (χ0v) is 12.8. The Bertz CT molecular complexity index is 548. The molecule has 3 rings (SSSR count). The molecule has 0 spiro atoms. The van der Waals surface area contributed by atoms with Gasteiger partial charge in [-0.3, -0.25) is 19.5 Å². The van der Waals surface area contributed by atoms with Gasteiger partial charge in [-0.2, -0.15) is 5.10 Å². The molecule has 1 aliphatic heterocycles. The van der Waals surface area contributed by atoms with Crippen LogP contribution >= 0.6 is 11.6 Å². The smallest absolute Gasteiger partial charge is 0.0785 e. The summed E-state index contributed by atoms with van der Waals surface area (Å²) in [6.45, 7) is 7.35. The average molecular weight is 306 g/mol. The van der Waals surface area contributed by atoms with Crippen molar-refractivity contribution in [1.82, 2.24) is 24.6 Å². The SMILES string of the molecule is Clc1cnn(CCN2CCN(Cc3cccnc3)CC2)c1. The minimum Gasteiger partial charge on any atom is -0.299 e. The van der Waals surface area contributed by atoms with E-state index in [1.54, 1.807) is 6.20 Å². The maximum absolute atomic E-state index is 5.87. The van der Waals surface area contributed by atoms with Gasteiger partial charge in [0.25, 0.3) is 0 Å². The van der Waals surface area contributed by atoms with Crippen LogP contribution in [0.25, 0.3) is 0 Å². The van der Waals surface area contributed by atoms with Crippen molar-refractivity contribution >= 4 is 11.6 Å². The molecule has 6 heteroatoms. The van der Waals surface area contributed by atoms with E-state index < -0.39 is 0 Å². The third-order valence-electron chi connectivity index (χ3n) is 3.84. The minimum atomic E-state index is 0.705. The van der Waals surface area contributed by atoms with E-state index >= 15 is 0 Å². The van der Waals surface area contributed by atoms with E-state index in [1.165, 1.54) is 5.56 Å². The molecular weight excluding hydrogens is 286 g/mol. The number of nitrogens with zero attached hydrogens (tertiary/aromatic N) is 5. The summed E-state index contributed by atoms with van der Waals surface area (Å²) in [5, 5.41) is 4.92. The van der Waals surface area contributed by atoms with Gasteiger partial charge in [-0.25, -0.2) is 0 Å². The van der Waals surface area contributed by atoms with Gasteiger partial charge < -0.3 is 0 Å². The lowest BCUT2D eigenvalue weighted by molar-refractivity contribution is 0.123. The summed E-state index contributed by atoms with van der Waals surface area (Å²) in [5.41, 5.74) is 1.29. The van der Waals surface area contributed by atoms with Gasteiger partial charge >= 0.3 is 0 Å². The molecule has 0 atom stereocenters. The molecule has 2 aromatic heterocycles. The third-order valence-corrected chi connectivity index (χ3v) is 4.04. The molecule has 0 radical (unpaired) electrons. The Balaban J connectivity index is 1.40. The largest absolute Gasteiger partial charge is 0.299 e. The average Bonchev–Trinajstić information content (AvgIpc) is 2.93. The van der Waals surface area contributed by atoms with Crippen LogP contribution < -0.4 is 0 Å². The van der Waals surface area contributed by atoms with E-state index in [0.717, 1.165) is 45.8 Å². The molecular formula is C15H20ClN5. The molecule has 3 heterocycles. The topological polar surface area (TPSA) is 37.2 Å². The second kappa shape index (κ2) is 7.02. The van der Waals surface area contributed by atoms with Crippen LogP contribution in [0.1, 0.15) is 5.56 Å². The summed E-state index contributed by atoms with van der Waals surface area (Å²) >= 11 is 5.87. The molecule has 2 aromatic rings. The first kappa shape index (κ1) is 14.5. The highest BCUT2D eigenvalue weighted by Crippen LogP contribution is 2.08. The number of hydrogen-bond donors (Lipinski definition) is 0. The van der Waals surface area contributed by atoms with Gasteiger partial charge in [0.1, 0.15) is 0 Å². The van der Waals surface area contributed by atoms with E-state index in [2.05, 4.69) is 25.9 Å². The number of aromatic nitrogens is 3. The third kappa shape index (κ3) is 4.27. The first-order valence-electron chi connectivity index (χ1n) is 7.31. The number of pyridine rings is 1. The molecule has 0 aromatic carbocycles. The molecule has 1 fully saturated rings. The first-order chi connectivity index (χ1) is 10.3. The maximum atomic E-state index is 5.87. The van der Waals surface area contributed by atoms with Crippen molar-refractivity contribution in [3.8, 4) is 0 Å². The highest BCUT2D eigenvalue weighted by atomic mass is 35.5. The normalized spacial score (nSPS) is 17.2. The molecule has 0 aliphatic carbocycles. The summed E-state index contributed by atoms with van der Waals surface area (Å²) in [7, 11) is 0. The Morgan fingerprint density at radius 2 is 1.86 bits per heavy atom. The number of hydrogen-bond acceptors (Lipinski definition) is 4. The van der Waals surface area contributed by atoms with Crippen LogP contribution in [0.4, 0.5) is 0 Å². The fourth-order valence-electron chi connectivity index (χ4n) is 2.63. The molecule has 0 amide bonds. The Morgan fingerprint density at radius 1 is 1.05 bits per heavy atom. The molecule has 0 saturated carbocycles. The van der Waals surface area contributed by atoms with E-state index in [0.29, 0.717) is 5.02 Å². The monoisotopic (exact) mass is 305 g/mol. The van der Waals surface area contributed by atoms with Crippen molar-refractivity contribution in [2.45, 2.75) is 13.1 Å². The van der Waals surface area contributed by atoms with Crippen LogP contribution in [0.15, 0.2) is 36.9 Å². The van der Waals surface area contributed by atoms with Crippen molar-refractivity contribution in [1.29, 1.82) is 0 Å². The fraction of sp³-hybridized carbons (Fsp3) is 0.467. The molecule has 112 valence electrons. The predicted molar refractivity (Wildman–Crippen MR) is 83.2 cm³/mol. The quantitative estimate of drug-likeness (QED) is 0.843. The van der Waals surface area contributed by atoms with Crippen LogP contribution in [0.3, 0.4) is 0 Å². The van der Waals surface area contributed by atoms with E-state index in [-0.39, 0.29) is 0 Å². The first-order valence-corrected chi connectivity index (χ1v) is 7.69. The Kier molecular flexibility index (Phi) is 4.85. The van der Waals surface area contributed by atoms with Crippen molar-refractivity contribution in [3.05, 3.63) is 47.5 Å². The van der Waals surface area contributed by atoms with Gasteiger partial charge in [0, 0.05) is 57.9 Å². The van der Waals surface area contributed by atoms with Crippen molar-refractivity contribution < 1.29 is 0 Å². The van der Waals surface area contributed by atoms with Crippen LogP contribution in [0, 0.1) is 0 Å². The van der Waals surface area contributed by atoms with Gasteiger partial charge in [-0.05, 0) is 11.6 Å². The van der Waals surface area contributed by atoms with E-state index in [1.807, 2.05) is 29.3 Å². The van der Waals surface area contributed by atoms with Gasteiger partial charge in [0.05, 0.1) is 17.8 Å². The standard InChI is InChI=1S/C15H20ClN5/c16-15-11-18-21(13-15)9-8-19-4-6-20(7-5-19)12-14-2-1-3-17-10-14/h1-3,10-11,13H,4-9,12H2. The summed E-state index contributed by atoms with van der Waals surface area (Å²) in [6.07, 6.45) is 7.34. The minimum absolute atomic E-state index is 0.705. The molecule has 1 aliphatic rings. The highest BCUT2D eigenvalue weighted by Gasteiger charge is 2.16. The summed E-state index contributed by atoms with van der Waals surface area (Å²) < 4.78 is 1.91. The Morgan fingerprint density at radius 3 is 2.52 bits per heavy atom. The molecule has 0 N–H and O–H groups in total. The molecule has 0 unspecified atom stereocenters. The highest BCUT2D eigenvalue weighted by molar-refractivity contribution is 6.30. The number of piperazine rings is 1. The van der Waals surface area contributed by atoms with Crippen molar-refractivity contribution in [3.63, 3.8) is 0 Å². The van der Waals surface area contributed by atoms with Crippen molar-refractivity contribution in [2.75, 3.05) is 32.7 Å².